The molecule has 1 unspecified atom stereocenters. The van der Waals surface area contributed by atoms with Gasteiger partial charge in [0.1, 0.15) is 5.82 Å². The van der Waals surface area contributed by atoms with Gasteiger partial charge in [0.2, 0.25) is 5.88 Å². The van der Waals surface area contributed by atoms with E-state index in [1.54, 1.807) is 31.6 Å². The molecule has 6 heteroatoms. The second kappa shape index (κ2) is 6.02. The van der Waals surface area contributed by atoms with Crippen molar-refractivity contribution in [1.82, 2.24) is 25.5 Å². The molecule has 0 saturated carbocycles. The minimum atomic E-state index is 0.0649. The first-order valence-electron chi connectivity index (χ1n) is 5.66. The molecule has 1 atom stereocenters. The van der Waals surface area contributed by atoms with E-state index in [0.29, 0.717) is 12.4 Å². The zero-order valence-corrected chi connectivity index (χ0v) is 10.4. The first-order chi connectivity index (χ1) is 8.79. The maximum atomic E-state index is 4.95. The number of hydrogen-bond donors (Lipinski definition) is 1. The van der Waals surface area contributed by atoms with Crippen molar-refractivity contribution in [2.24, 2.45) is 0 Å². The number of aromatic nitrogens is 4. The second-order valence-corrected chi connectivity index (χ2v) is 3.78. The summed E-state index contributed by atoms with van der Waals surface area (Å²) in [6.07, 6.45) is 3.46. The Bertz CT molecular complexity index is 474. The highest BCUT2D eigenvalue weighted by atomic mass is 16.5. The molecule has 0 aliphatic rings. The lowest BCUT2D eigenvalue weighted by atomic mass is 10.3. The molecule has 0 aliphatic heterocycles. The van der Waals surface area contributed by atoms with Crippen LogP contribution < -0.4 is 10.1 Å². The Morgan fingerprint density at radius 1 is 1.22 bits per heavy atom. The lowest BCUT2D eigenvalue weighted by molar-refractivity contribution is 0.390. The predicted octanol–water partition coefficient (Wildman–Crippen LogP) is 1.13. The van der Waals surface area contributed by atoms with Crippen molar-refractivity contribution in [2.75, 3.05) is 7.11 Å². The van der Waals surface area contributed by atoms with Crippen LogP contribution in [0.3, 0.4) is 0 Å². The standard InChI is InChI=1S/C12H15N5O/c1-9(12-13-6-3-7-14-12)15-8-10-4-5-11(18-2)17-16-10/h3-7,9,15H,8H2,1-2H3. The summed E-state index contributed by atoms with van der Waals surface area (Å²) in [4.78, 5) is 8.38. The van der Waals surface area contributed by atoms with Gasteiger partial charge in [0, 0.05) is 25.0 Å². The molecule has 0 saturated heterocycles. The molecule has 1 N–H and O–H groups in total. The van der Waals surface area contributed by atoms with Gasteiger partial charge in [-0.25, -0.2) is 9.97 Å². The van der Waals surface area contributed by atoms with Gasteiger partial charge in [0.15, 0.2) is 0 Å². The monoisotopic (exact) mass is 245 g/mol. The fourth-order valence-electron chi connectivity index (χ4n) is 1.43. The molecule has 0 spiro atoms. The molecule has 0 aliphatic carbocycles. The first kappa shape index (κ1) is 12.4. The molecule has 2 aromatic heterocycles. The average Bonchev–Trinajstić information content (AvgIpc) is 2.46. The van der Waals surface area contributed by atoms with Gasteiger partial charge in [-0.15, -0.1) is 5.10 Å². The molecule has 0 aromatic carbocycles. The van der Waals surface area contributed by atoms with Crippen LogP contribution in [0.2, 0.25) is 0 Å². The molecule has 2 rings (SSSR count). The van der Waals surface area contributed by atoms with E-state index in [4.69, 9.17) is 4.74 Å². The maximum absolute atomic E-state index is 4.95. The van der Waals surface area contributed by atoms with Crippen LogP contribution in [0.15, 0.2) is 30.6 Å². The lowest BCUT2D eigenvalue weighted by Gasteiger charge is -2.11. The third-order valence-corrected chi connectivity index (χ3v) is 2.47. The quantitative estimate of drug-likeness (QED) is 0.851. The fourth-order valence-corrected chi connectivity index (χ4v) is 1.43. The fraction of sp³-hybridized carbons (Fsp3) is 0.333. The summed E-state index contributed by atoms with van der Waals surface area (Å²) >= 11 is 0. The van der Waals surface area contributed by atoms with Crippen LogP contribution in [-0.2, 0) is 6.54 Å². The smallest absolute Gasteiger partial charge is 0.233 e. The third-order valence-electron chi connectivity index (χ3n) is 2.47. The van der Waals surface area contributed by atoms with Gasteiger partial charge in [-0.05, 0) is 19.1 Å². The van der Waals surface area contributed by atoms with Crippen molar-refractivity contribution in [2.45, 2.75) is 19.5 Å². The van der Waals surface area contributed by atoms with E-state index in [0.717, 1.165) is 11.5 Å². The van der Waals surface area contributed by atoms with Crippen LogP contribution in [0, 0.1) is 0 Å². The van der Waals surface area contributed by atoms with Crippen LogP contribution in [0.1, 0.15) is 24.5 Å². The first-order valence-corrected chi connectivity index (χ1v) is 5.66. The van der Waals surface area contributed by atoms with Gasteiger partial charge in [-0.2, -0.15) is 5.10 Å². The van der Waals surface area contributed by atoms with E-state index >= 15 is 0 Å². The lowest BCUT2D eigenvalue weighted by Crippen LogP contribution is -2.20. The van der Waals surface area contributed by atoms with Crippen LogP contribution in [-0.4, -0.2) is 27.3 Å². The topological polar surface area (TPSA) is 72.8 Å². The molecule has 0 radical (unpaired) electrons. The van der Waals surface area contributed by atoms with Gasteiger partial charge in [-0.1, -0.05) is 0 Å². The van der Waals surface area contributed by atoms with Crippen molar-refractivity contribution < 1.29 is 4.74 Å². The number of nitrogens with one attached hydrogen (secondary N) is 1. The Labute approximate surface area is 105 Å². The predicted molar refractivity (Wildman–Crippen MR) is 65.9 cm³/mol. The molecular weight excluding hydrogens is 230 g/mol. The maximum Gasteiger partial charge on any atom is 0.233 e. The average molecular weight is 245 g/mol. The van der Waals surface area contributed by atoms with E-state index < -0.39 is 0 Å². The van der Waals surface area contributed by atoms with Crippen LogP contribution in [0.4, 0.5) is 0 Å². The molecule has 0 fully saturated rings. The minimum Gasteiger partial charge on any atom is -0.480 e. The van der Waals surface area contributed by atoms with Crippen LogP contribution in [0.5, 0.6) is 5.88 Å². The van der Waals surface area contributed by atoms with Gasteiger partial charge >= 0.3 is 0 Å². The summed E-state index contributed by atoms with van der Waals surface area (Å²) in [6, 6.07) is 5.52. The zero-order valence-electron chi connectivity index (χ0n) is 10.4. The summed E-state index contributed by atoms with van der Waals surface area (Å²) in [5.74, 6) is 1.28. The molecule has 0 bridgehead atoms. The SMILES string of the molecule is COc1ccc(CNC(C)c2ncccn2)nn1. The van der Waals surface area contributed by atoms with Crippen molar-refractivity contribution in [3.63, 3.8) is 0 Å². The van der Waals surface area contributed by atoms with Gasteiger partial charge < -0.3 is 10.1 Å². The summed E-state index contributed by atoms with van der Waals surface area (Å²) in [5, 5.41) is 11.2. The highest BCUT2D eigenvalue weighted by Gasteiger charge is 2.07. The van der Waals surface area contributed by atoms with Crippen LogP contribution in [0.25, 0.3) is 0 Å². The summed E-state index contributed by atoms with van der Waals surface area (Å²) < 4.78 is 4.95. The van der Waals surface area contributed by atoms with Crippen molar-refractivity contribution in [1.29, 1.82) is 0 Å². The van der Waals surface area contributed by atoms with E-state index in [2.05, 4.69) is 25.5 Å². The minimum absolute atomic E-state index is 0.0649. The second-order valence-electron chi connectivity index (χ2n) is 3.78. The summed E-state index contributed by atoms with van der Waals surface area (Å²) in [6.45, 7) is 2.61. The summed E-state index contributed by atoms with van der Waals surface area (Å²) in [5.41, 5.74) is 0.846. The summed E-state index contributed by atoms with van der Waals surface area (Å²) in [7, 11) is 1.57. The van der Waals surface area contributed by atoms with Crippen LogP contribution >= 0.6 is 0 Å². The Morgan fingerprint density at radius 3 is 2.61 bits per heavy atom. The van der Waals surface area contributed by atoms with Crippen molar-refractivity contribution in [3.8, 4) is 5.88 Å². The molecule has 2 aromatic rings. The van der Waals surface area contributed by atoms with Crippen molar-refractivity contribution in [3.05, 3.63) is 42.1 Å². The Balaban J connectivity index is 1.91. The Morgan fingerprint density at radius 2 is 2.00 bits per heavy atom. The largest absolute Gasteiger partial charge is 0.480 e. The number of ether oxygens (including phenoxy) is 1. The highest BCUT2D eigenvalue weighted by Crippen LogP contribution is 2.07. The molecule has 6 nitrogen and oxygen atoms in total. The molecule has 94 valence electrons. The van der Waals surface area contributed by atoms with E-state index in [9.17, 15) is 0 Å². The molecule has 18 heavy (non-hydrogen) atoms. The number of hydrogen-bond acceptors (Lipinski definition) is 6. The van der Waals surface area contributed by atoms with E-state index in [-0.39, 0.29) is 6.04 Å². The third kappa shape index (κ3) is 3.21. The van der Waals surface area contributed by atoms with Gasteiger partial charge in [-0.3, -0.25) is 0 Å². The van der Waals surface area contributed by atoms with E-state index in [1.807, 2.05) is 13.0 Å². The molecule has 2 heterocycles. The zero-order chi connectivity index (χ0) is 12.8. The number of methoxy groups -OCH3 is 1. The van der Waals surface area contributed by atoms with Gasteiger partial charge in [0.25, 0.3) is 0 Å². The molecular formula is C12H15N5O. The van der Waals surface area contributed by atoms with Gasteiger partial charge in [0.05, 0.1) is 18.8 Å². The molecule has 0 amide bonds. The Kier molecular flexibility index (Phi) is 4.14. The number of rotatable bonds is 5. The number of nitrogens with zero attached hydrogens (tertiary/aromatic N) is 4. The van der Waals surface area contributed by atoms with Crippen molar-refractivity contribution >= 4 is 0 Å². The normalized spacial score (nSPS) is 12.1. The Hall–Kier alpha value is -2.08. The highest BCUT2D eigenvalue weighted by molar-refractivity contribution is 5.11. The van der Waals surface area contributed by atoms with E-state index in [1.165, 1.54) is 0 Å².